The molecule has 0 amide bonds. The maximum atomic E-state index is 5.12. The van der Waals surface area contributed by atoms with Crippen molar-refractivity contribution in [2.45, 2.75) is 19.3 Å². The largest absolute Gasteiger partial charge is 0.254 e. The van der Waals surface area contributed by atoms with Gasteiger partial charge >= 0.3 is 0 Å². The topological polar surface area (TPSA) is 25.8 Å². The fraction of sp³-hybridized carbons (Fsp3) is 0.111. The average Bonchev–Trinajstić information content (AvgIpc) is 3.01. The Labute approximate surface area is 169 Å². The van der Waals surface area contributed by atoms with Crippen LogP contribution in [0.2, 0.25) is 0 Å². The van der Waals surface area contributed by atoms with Crippen molar-refractivity contribution in [2.75, 3.05) is 0 Å². The zero-order valence-corrected chi connectivity index (χ0v) is 16.5. The lowest BCUT2D eigenvalue weighted by atomic mass is 9.79. The number of pyridine rings is 2. The molecule has 0 fully saturated rings. The molecule has 5 aromatic rings. The van der Waals surface area contributed by atoms with E-state index in [4.69, 9.17) is 4.98 Å². The molecule has 6 rings (SSSR count). The summed E-state index contributed by atoms with van der Waals surface area (Å²) in [6.07, 6.45) is 1.84. The summed E-state index contributed by atoms with van der Waals surface area (Å²) >= 11 is 0. The second-order valence-electron chi connectivity index (χ2n) is 8.31. The van der Waals surface area contributed by atoms with Gasteiger partial charge < -0.3 is 0 Å². The molecule has 2 aromatic heterocycles. The smallest absolute Gasteiger partial charge is 0.0972 e. The first-order valence-electron chi connectivity index (χ1n) is 10.0. The molecule has 2 heterocycles. The Hall–Kier alpha value is -3.52. The van der Waals surface area contributed by atoms with Gasteiger partial charge in [-0.25, -0.2) is 4.98 Å². The Balaban J connectivity index is 1.65. The third-order valence-electron chi connectivity index (χ3n) is 6.29. The quantitative estimate of drug-likeness (QED) is 0.304. The van der Waals surface area contributed by atoms with Crippen LogP contribution in [0.3, 0.4) is 0 Å². The van der Waals surface area contributed by atoms with Gasteiger partial charge in [-0.05, 0) is 34.4 Å². The van der Waals surface area contributed by atoms with E-state index < -0.39 is 0 Å². The summed E-state index contributed by atoms with van der Waals surface area (Å²) < 4.78 is 0. The molecule has 0 saturated carbocycles. The molecule has 2 nitrogen and oxygen atoms in total. The van der Waals surface area contributed by atoms with Crippen LogP contribution >= 0.6 is 0 Å². The fourth-order valence-electron chi connectivity index (χ4n) is 4.93. The number of hydrogen-bond donors (Lipinski definition) is 0. The van der Waals surface area contributed by atoms with Gasteiger partial charge in [-0.1, -0.05) is 80.6 Å². The van der Waals surface area contributed by atoms with E-state index in [1.165, 1.54) is 27.8 Å². The molecule has 0 radical (unpaired) electrons. The van der Waals surface area contributed by atoms with Crippen molar-refractivity contribution in [3.63, 3.8) is 0 Å². The molecule has 0 aliphatic heterocycles. The summed E-state index contributed by atoms with van der Waals surface area (Å²) in [5.41, 5.74) is 9.48. The lowest BCUT2D eigenvalue weighted by Gasteiger charge is -2.24. The maximum absolute atomic E-state index is 5.12. The molecule has 1 aliphatic rings. The molecule has 0 unspecified atom stereocenters. The summed E-state index contributed by atoms with van der Waals surface area (Å²) in [5, 5.41) is 2.24. The Morgan fingerprint density at radius 3 is 2.24 bits per heavy atom. The highest BCUT2D eigenvalue weighted by Gasteiger charge is 2.37. The molecular formula is C27H20N2. The lowest BCUT2D eigenvalue weighted by Crippen LogP contribution is -2.16. The molecule has 138 valence electrons. The first kappa shape index (κ1) is 16.4. The summed E-state index contributed by atoms with van der Waals surface area (Å²) in [5.74, 6) is 0. The van der Waals surface area contributed by atoms with Gasteiger partial charge in [0.2, 0.25) is 0 Å². The van der Waals surface area contributed by atoms with Gasteiger partial charge in [0.15, 0.2) is 0 Å². The molecule has 0 saturated heterocycles. The van der Waals surface area contributed by atoms with E-state index in [1.54, 1.807) is 0 Å². The zero-order chi connectivity index (χ0) is 19.6. The molecule has 3 aromatic carbocycles. The fourth-order valence-corrected chi connectivity index (χ4v) is 4.93. The zero-order valence-electron chi connectivity index (χ0n) is 16.5. The molecule has 0 atom stereocenters. The summed E-state index contributed by atoms with van der Waals surface area (Å²) in [7, 11) is 0. The van der Waals surface area contributed by atoms with Crippen LogP contribution in [0.4, 0.5) is 0 Å². The van der Waals surface area contributed by atoms with E-state index >= 15 is 0 Å². The molecule has 0 bridgehead atoms. The minimum Gasteiger partial charge on any atom is -0.254 e. The van der Waals surface area contributed by atoms with Gasteiger partial charge in [-0.3, -0.25) is 4.98 Å². The van der Waals surface area contributed by atoms with Crippen molar-refractivity contribution in [1.82, 2.24) is 9.97 Å². The van der Waals surface area contributed by atoms with E-state index in [1.807, 2.05) is 12.3 Å². The van der Waals surface area contributed by atoms with E-state index in [0.29, 0.717) is 0 Å². The number of rotatable bonds is 1. The minimum atomic E-state index is -0.0594. The third-order valence-corrected chi connectivity index (χ3v) is 6.29. The number of nitrogens with zero attached hydrogens (tertiary/aromatic N) is 2. The monoisotopic (exact) mass is 372 g/mol. The number of hydrogen-bond acceptors (Lipinski definition) is 2. The standard InChI is InChI=1S/C27H20N2/c1-27(2)22-11-4-3-8-19(22)20-9-5-10-21(24(20)27)23-15-14-18-13-12-17-7-6-16-28-25(17)26(18)29-23/h3-16H,1-2H3. The van der Waals surface area contributed by atoms with E-state index in [-0.39, 0.29) is 5.41 Å². The minimum absolute atomic E-state index is 0.0594. The molecular weight excluding hydrogens is 352 g/mol. The van der Waals surface area contributed by atoms with Crippen molar-refractivity contribution in [3.8, 4) is 22.4 Å². The van der Waals surface area contributed by atoms with Gasteiger partial charge in [0.05, 0.1) is 16.7 Å². The van der Waals surface area contributed by atoms with Gasteiger partial charge in [0.25, 0.3) is 0 Å². The third kappa shape index (κ3) is 2.23. The van der Waals surface area contributed by atoms with Crippen molar-refractivity contribution in [3.05, 3.63) is 96.2 Å². The SMILES string of the molecule is CC1(C)c2ccccc2-c2cccc(-c3ccc4ccc5cccnc5c4n3)c21. The van der Waals surface area contributed by atoms with Crippen LogP contribution in [-0.4, -0.2) is 9.97 Å². The van der Waals surface area contributed by atoms with Crippen LogP contribution in [0.15, 0.2) is 85.1 Å². The van der Waals surface area contributed by atoms with Crippen molar-refractivity contribution in [2.24, 2.45) is 0 Å². The van der Waals surface area contributed by atoms with E-state index in [9.17, 15) is 0 Å². The summed E-state index contributed by atoms with van der Waals surface area (Å²) in [4.78, 5) is 9.73. The molecule has 2 heteroatoms. The Bertz CT molecular complexity index is 1430. The van der Waals surface area contributed by atoms with E-state index in [2.05, 4.69) is 91.6 Å². The Kier molecular flexibility index (Phi) is 3.25. The normalized spacial score (nSPS) is 14.1. The number of aromatic nitrogens is 2. The van der Waals surface area contributed by atoms with Crippen molar-refractivity contribution < 1.29 is 0 Å². The number of benzene rings is 3. The lowest BCUT2D eigenvalue weighted by molar-refractivity contribution is 0.662. The molecule has 0 spiro atoms. The first-order valence-corrected chi connectivity index (χ1v) is 10.0. The van der Waals surface area contributed by atoms with Gasteiger partial charge in [0, 0.05) is 27.9 Å². The van der Waals surface area contributed by atoms with Crippen molar-refractivity contribution in [1.29, 1.82) is 0 Å². The second-order valence-corrected chi connectivity index (χ2v) is 8.31. The van der Waals surface area contributed by atoms with Crippen LogP contribution in [0.25, 0.3) is 44.2 Å². The summed E-state index contributed by atoms with van der Waals surface area (Å²) in [6.45, 7) is 4.64. The number of fused-ring (bicyclic) bond motifs is 6. The predicted octanol–water partition coefficient (Wildman–Crippen LogP) is 6.76. The van der Waals surface area contributed by atoms with Crippen LogP contribution in [0.1, 0.15) is 25.0 Å². The first-order chi connectivity index (χ1) is 14.1. The van der Waals surface area contributed by atoms with Crippen molar-refractivity contribution >= 4 is 21.8 Å². The maximum Gasteiger partial charge on any atom is 0.0972 e. The molecule has 0 N–H and O–H groups in total. The van der Waals surface area contributed by atoms with E-state index in [0.717, 1.165) is 27.5 Å². The summed E-state index contributed by atoms with van der Waals surface area (Å²) in [6, 6.07) is 28.0. The highest BCUT2D eigenvalue weighted by atomic mass is 14.8. The average molecular weight is 372 g/mol. The van der Waals surface area contributed by atoms with Crippen LogP contribution in [0, 0.1) is 0 Å². The molecule has 1 aliphatic carbocycles. The highest BCUT2D eigenvalue weighted by Crippen LogP contribution is 2.51. The van der Waals surface area contributed by atoms with Crippen LogP contribution < -0.4 is 0 Å². The predicted molar refractivity (Wildman–Crippen MR) is 120 cm³/mol. The second kappa shape index (κ2) is 5.74. The highest BCUT2D eigenvalue weighted by molar-refractivity contribution is 6.03. The van der Waals surface area contributed by atoms with Crippen LogP contribution in [-0.2, 0) is 5.41 Å². The Morgan fingerprint density at radius 2 is 1.34 bits per heavy atom. The van der Waals surface area contributed by atoms with Gasteiger partial charge in [-0.15, -0.1) is 0 Å². The van der Waals surface area contributed by atoms with Gasteiger partial charge in [0.1, 0.15) is 0 Å². The Morgan fingerprint density at radius 1 is 0.621 bits per heavy atom. The molecule has 29 heavy (non-hydrogen) atoms. The van der Waals surface area contributed by atoms with Crippen LogP contribution in [0.5, 0.6) is 0 Å². The van der Waals surface area contributed by atoms with Gasteiger partial charge in [-0.2, -0.15) is 0 Å².